The van der Waals surface area contributed by atoms with Crippen LogP contribution in [0.4, 0.5) is 0 Å². The van der Waals surface area contributed by atoms with Crippen LogP contribution in [0.25, 0.3) is 11.0 Å². The van der Waals surface area contributed by atoms with E-state index < -0.39 is 0 Å². The van der Waals surface area contributed by atoms with Gasteiger partial charge in [-0.3, -0.25) is 4.79 Å². The fourth-order valence-corrected chi connectivity index (χ4v) is 2.50. The minimum absolute atomic E-state index is 0.157. The number of furan rings is 1. The van der Waals surface area contributed by atoms with E-state index in [2.05, 4.69) is 13.0 Å². The summed E-state index contributed by atoms with van der Waals surface area (Å²) in [6.45, 7) is 5.92. The van der Waals surface area contributed by atoms with E-state index in [4.69, 9.17) is 9.15 Å². The van der Waals surface area contributed by atoms with E-state index in [0.29, 0.717) is 12.2 Å². The van der Waals surface area contributed by atoms with Gasteiger partial charge in [0.15, 0.2) is 0 Å². The minimum Gasteiger partial charge on any atom is -0.461 e. The molecule has 1 aliphatic rings. The number of fused-ring (bicyclic) bond motifs is 2. The van der Waals surface area contributed by atoms with Gasteiger partial charge >= 0.3 is 5.97 Å². The summed E-state index contributed by atoms with van der Waals surface area (Å²) >= 11 is 0. The smallest absolute Gasteiger partial charge is 0.311 e. The van der Waals surface area contributed by atoms with Gasteiger partial charge in [-0.2, -0.15) is 0 Å². The van der Waals surface area contributed by atoms with E-state index in [1.54, 1.807) is 0 Å². The number of ether oxygens (including phenoxy) is 1. The lowest BCUT2D eigenvalue weighted by molar-refractivity contribution is -0.135. The molecule has 2 heterocycles. The van der Waals surface area contributed by atoms with E-state index in [9.17, 15) is 4.79 Å². The van der Waals surface area contributed by atoms with Crippen LogP contribution in [-0.4, -0.2) is 5.97 Å². The van der Waals surface area contributed by atoms with Crippen molar-refractivity contribution in [2.24, 2.45) is 0 Å². The molecule has 1 aromatic carbocycles. The van der Waals surface area contributed by atoms with Gasteiger partial charge in [0.25, 0.3) is 0 Å². The molecule has 3 rings (SSSR count). The molecule has 0 amide bonds. The van der Waals surface area contributed by atoms with Crippen LogP contribution in [-0.2, 0) is 4.79 Å². The molecule has 88 valence electrons. The zero-order chi connectivity index (χ0) is 12.2. The van der Waals surface area contributed by atoms with Crippen LogP contribution in [0.5, 0.6) is 5.75 Å². The van der Waals surface area contributed by atoms with Crippen LogP contribution in [0, 0.1) is 13.8 Å². The van der Waals surface area contributed by atoms with Crippen LogP contribution >= 0.6 is 0 Å². The SMILES string of the molecule is Cc1cc2cc3c(c(C)c2o1)OC(=O)CC3C. The van der Waals surface area contributed by atoms with Crippen molar-refractivity contribution in [3.63, 3.8) is 0 Å². The van der Waals surface area contributed by atoms with Crippen LogP contribution in [0.15, 0.2) is 16.5 Å². The number of esters is 1. The fraction of sp³-hybridized carbons (Fsp3) is 0.357. The molecule has 0 saturated heterocycles. The zero-order valence-corrected chi connectivity index (χ0v) is 10.2. The van der Waals surface area contributed by atoms with Gasteiger partial charge in [0.1, 0.15) is 17.1 Å². The maximum Gasteiger partial charge on any atom is 0.311 e. The second-order valence-electron chi connectivity index (χ2n) is 4.77. The molecule has 0 aliphatic carbocycles. The molecule has 1 aromatic heterocycles. The van der Waals surface area contributed by atoms with Gasteiger partial charge in [-0.05, 0) is 37.5 Å². The molecular weight excluding hydrogens is 216 g/mol. The average molecular weight is 230 g/mol. The van der Waals surface area contributed by atoms with E-state index in [1.165, 1.54) is 0 Å². The average Bonchev–Trinajstić information content (AvgIpc) is 2.62. The standard InChI is InChI=1S/C14H14O3/c1-7-4-12(15)17-14-9(3)13-10(6-11(7)14)5-8(2)16-13/h5-7H,4H2,1-3H3. The van der Waals surface area contributed by atoms with Gasteiger partial charge in [0, 0.05) is 10.9 Å². The molecule has 1 unspecified atom stereocenters. The van der Waals surface area contributed by atoms with Crippen molar-refractivity contribution in [2.45, 2.75) is 33.1 Å². The van der Waals surface area contributed by atoms with Crippen LogP contribution in [0.2, 0.25) is 0 Å². The fourth-order valence-electron chi connectivity index (χ4n) is 2.50. The molecule has 0 fully saturated rings. The summed E-state index contributed by atoms with van der Waals surface area (Å²) in [5.74, 6) is 1.63. The second-order valence-corrected chi connectivity index (χ2v) is 4.77. The molecule has 0 N–H and O–H groups in total. The number of benzene rings is 1. The lowest BCUT2D eigenvalue weighted by Gasteiger charge is -2.22. The van der Waals surface area contributed by atoms with Gasteiger partial charge in [0.2, 0.25) is 0 Å². The third-order valence-corrected chi connectivity index (χ3v) is 3.36. The van der Waals surface area contributed by atoms with Crippen molar-refractivity contribution < 1.29 is 13.9 Å². The Morgan fingerprint density at radius 3 is 2.82 bits per heavy atom. The molecule has 0 bridgehead atoms. The summed E-state index contributed by atoms with van der Waals surface area (Å²) in [7, 11) is 0. The van der Waals surface area contributed by atoms with Crippen LogP contribution in [0.3, 0.4) is 0 Å². The third-order valence-electron chi connectivity index (χ3n) is 3.36. The van der Waals surface area contributed by atoms with Gasteiger partial charge in [-0.25, -0.2) is 0 Å². The number of carbonyl (C=O) groups is 1. The summed E-state index contributed by atoms with van der Waals surface area (Å²) in [5, 5.41) is 1.09. The Morgan fingerprint density at radius 2 is 2.06 bits per heavy atom. The first-order chi connectivity index (χ1) is 8.06. The highest BCUT2D eigenvalue weighted by atomic mass is 16.5. The summed E-state index contributed by atoms with van der Waals surface area (Å²) in [4.78, 5) is 11.5. The Morgan fingerprint density at radius 1 is 1.29 bits per heavy atom. The molecule has 3 heteroatoms. The number of hydrogen-bond acceptors (Lipinski definition) is 3. The lowest BCUT2D eigenvalue weighted by atomic mass is 9.91. The Balaban J connectivity index is 2.34. The topological polar surface area (TPSA) is 39.4 Å². The summed E-state index contributed by atoms with van der Waals surface area (Å²) < 4.78 is 11.0. The molecule has 17 heavy (non-hydrogen) atoms. The predicted molar refractivity (Wildman–Crippen MR) is 64.4 cm³/mol. The third kappa shape index (κ3) is 1.46. The highest BCUT2D eigenvalue weighted by Gasteiger charge is 2.27. The van der Waals surface area contributed by atoms with E-state index in [-0.39, 0.29) is 11.9 Å². The molecule has 0 radical (unpaired) electrons. The minimum atomic E-state index is -0.157. The maximum absolute atomic E-state index is 11.5. The van der Waals surface area contributed by atoms with Gasteiger partial charge < -0.3 is 9.15 Å². The second kappa shape index (κ2) is 3.36. The normalized spacial score (nSPS) is 19.2. The van der Waals surface area contributed by atoms with Gasteiger partial charge in [0.05, 0.1) is 6.42 Å². The largest absolute Gasteiger partial charge is 0.461 e. The summed E-state index contributed by atoms with van der Waals surface area (Å²) in [6, 6.07) is 4.09. The first-order valence-corrected chi connectivity index (χ1v) is 5.80. The molecule has 0 saturated carbocycles. The summed E-state index contributed by atoms with van der Waals surface area (Å²) in [6.07, 6.45) is 0.453. The monoisotopic (exact) mass is 230 g/mol. The Bertz CT molecular complexity index is 622. The molecule has 3 nitrogen and oxygen atoms in total. The number of carbonyl (C=O) groups excluding carboxylic acids is 1. The molecule has 0 spiro atoms. The number of rotatable bonds is 0. The summed E-state index contributed by atoms with van der Waals surface area (Å²) in [5.41, 5.74) is 2.85. The van der Waals surface area contributed by atoms with Crippen molar-refractivity contribution in [1.82, 2.24) is 0 Å². The molecule has 2 aromatic rings. The highest BCUT2D eigenvalue weighted by Crippen LogP contribution is 2.41. The molecule has 1 aliphatic heterocycles. The zero-order valence-electron chi connectivity index (χ0n) is 10.2. The van der Waals surface area contributed by atoms with Crippen LogP contribution in [0.1, 0.15) is 36.1 Å². The van der Waals surface area contributed by atoms with Crippen molar-refractivity contribution in [2.75, 3.05) is 0 Å². The van der Waals surface area contributed by atoms with Crippen molar-refractivity contribution in [1.29, 1.82) is 0 Å². The van der Waals surface area contributed by atoms with E-state index in [0.717, 1.165) is 27.9 Å². The Labute approximate surface area is 99.4 Å². The predicted octanol–water partition coefficient (Wildman–Crippen LogP) is 3.46. The van der Waals surface area contributed by atoms with Crippen molar-refractivity contribution in [3.8, 4) is 5.75 Å². The van der Waals surface area contributed by atoms with E-state index in [1.807, 2.05) is 19.9 Å². The van der Waals surface area contributed by atoms with Gasteiger partial charge in [-0.15, -0.1) is 0 Å². The first-order valence-electron chi connectivity index (χ1n) is 5.80. The highest BCUT2D eigenvalue weighted by molar-refractivity contribution is 5.88. The maximum atomic E-state index is 11.5. The van der Waals surface area contributed by atoms with E-state index >= 15 is 0 Å². The Kier molecular flexibility index (Phi) is 2.05. The molecule has 1 atom stereocenters. The first kappa shape index (κ1) is 10.4. The molecular formula is C14H14O3. The van der Waals surface area contributed by atoms with Crippen LogP contribution < -0.4 is 4.74 Å². The van der Waals surface area contributed by atoms with Crippen molar-refractivity contribution >= 4 is 16.9 Å². The lowest BCUT2D eigenvalue weighted by Crippen LogP contribution is -2.19. The number of hydrogen-bond donors (Lipinski definition) is 0. The van der Waals surface area contributed by atoms with Crippen molar-refractivity contribution in [3.05, 3.63) is 29.0 Å². The quantitative estimate of drug-likeness (QED) is 0.514. The number of aryl methyl sites for hydroxylation is 2. The van der Waals surface area contributed by atoms with Gasteiger partial charge in [-0.1, -0.05) is 6.92 Å². The Hall–Kier alpha value is -1.77.